The summed E-state index contributed by atoms with van der Waals surface area (Å²) in [4.78, 5) is 13.7. The standard InChI is InChI=1S/C14H21NO3/c1-5-15(3)7-6-11-9-12(14(17)18-4)13(16)8-10(11)2/h8-9,16H,5-7H2,1-4H3. The molecule has 1 aromatic rings. The first-order chi connectivity index (χ1) is 8.49. The molecule has 0 bridgehead atoms. The highest BCUT2D eigenvalue weighted by Gasteiger charge is 2.14. The first-order valence-corrected chi connectivity index (χ1v) is 6.09. The molecule has 1 rings (SSSR count). The molecule has 0 spiro atoms. The Hall–Kier alpha value is -1.55. The van der Waals surface area contributed by atoms with Crippen molar-refractivity contribution < 1.29 is 14.6 Å². The summed E-state index contributed by atoms with van der Waals surface area (Å²) in [6.07, 6.45) is 0.848. The summed E-state index contributed by atoms with van der Waals surface area (Å²) in [7, 11) is 3.36. The molecule has 18 heavy (non-hydrogen) atoms. The third-order valence-electron chi connectivity index (χ3n) is 3.16. The van der Waals surface area contributed by atoms with Crippen LogP contribution in [0.1, 0.15) is 28.4 Å². The number of carbonyl (C=O) groups excluding carboxylic acids is 1. The second kappa shape index (κ2) is 6.40. The van der Waals surface area contributed by atoms with Gasteiger partial charge in [-0.2, -0.15) is 0 Å². The number of benzene rings is 1. The quantitative estimate of drug-likeness (QED) is 0.813. The van der Waals surface area contributed by atoms with Crippen molar-refractivity contribution in [2.75, 3.05) is 27.2 Å². The Balaban J connectivity index is 2.94. The van der Waals surface area contributed by atoms with E-state index in [1.807, 2.05) is 6.92 Å². The van der Waals surface area contributed by atoms with Crippen molar-refractivity contribution in [2.24, 2.45) is 0 Å². The maximum atomic E-state index is 11.5. The minimum atomic E-state index is -0.502. The van der Waals surface area contributed by atoms with Crippen molar-refractivity contribution in [3.05, 3.63) is 28.8 Å². The lowest BCUT2D eigenvalue weighted by Gasteiger charge is -2.15. The fraction of sp³-hybridized carbons (Fsp3) is 0.500. The molecule has 0 saturated heterocycles. The van der Waals surface area contributed by atoms with Gasteiger partial charge in [-0.15, -0.1) is 0 Å². The Morgan fingerprint density at radius 1 is 1.44 bits per heavy atom. The van der Waals surface area contributed by atoms with Crippen molar-refractivity contribution >= 4 is 5.97 Å². The minimum Gasteiger partial charge on any atom is -0.507 e. The SMILES string of the molecule is CCN(C)CCc1cc(C(=O)OC)c(O)cc1C. The number of aromatic hydroxyl groups is 1. The van der Waals surface area contributed by atoms with Crippen molar-refractivity contribution in [1.82, 2.24) is 4.90 Å². The zero-order chi connectivity index (χ0) is 13.7. The highest BCUT2D eigenvalue weighted by molar-refractivity contribution is 5.92. The zero-order valence-corrected chi connectivity index (χ0v) is 11.5. The largest absolute Gasteiger partial charge is 0.507 e. The molecule has 0 fully saturated rings. The van der Waals surface area contributed by atoms with Crippen LogP contribution in [0.4, 0.5) is 0 Å². The summed E-state index contributed by atoms with van der Waals surface area (Å²) < 4.78 is 4.65. The van der Waals surface area contributed by atoms with Crippen molar-refractivity contribution in [3.8, 4) is 5.75 Å². The Kier molecular flexibility index (Phi) is 5.16. The first kappa shape index (κ1) is 14.5. The fourth-order valence-corrected chi connectivity index (χ4v) is 1.75. The monoisotopic (exact) mass is 251 g/mol. The van der Waals surface area contributed by atoms with Gasteiger partial charge < -0.3 is 14.7 Å². The second-order valence-corrected chi connectivity index (χ2v) is 4.43. The van der Waals surface area contributed by atoms with Crippen LogP contribution in [0, 0.1) is 6.92 Å². The molecular weight excluding hydrogens is 230 g/mol. The number of aryl methyl sites for hydroxylation is 1. The molecule has 0 radical (unpaired) electrons. The molecule has 0 aromatic heterocycles. The fourth-order valence-electron chi connectivity index (χ4n) is 1.75. The predicted octanol–water partition coefficient (Wildman–Crippen LogP) is 1.98. The maximum Gasteiger partial charge on any atom is 0.341 e. The number of hydrogen-bond donors (Lipinski definition) is 1. The third kappa shape index (κ3) is 3.47. The van der Waals surface area contributed by atoms with Crippen LogP contribution in [-0.2, 0) is 11.2 Å². The molecule has 100 valence electrons. The van der Waals surface area contributed by atoms with Gasteiger partial charge in [0.15, 0.2) is 0 Å². The summed E-state index contributed by atoms with van der Waals surface area (Å²) in [6, 6.07) is 3.34. The number of nitrogens with zero attached hydrogens (tertiary/aromatic N) is 1. The topological polar surface area (TPSA) is 49.8 Å². The van der Waals surface area contributed by atoms with E-state index in [1.54, 1.807) is 12.1 Å². The van der Waals surface area contributed by atoms with Gasteiger partial charge in [-0.25, -0.2) is 4.79 Å². The van der Waals surface area contributed by atoms with Gasteiger partial charge in [-0.1, -0.05) is 6.92 Å². The van der Waals surface area contributed by atoms with E-state index >= 15 is 0 Å². The van der Waals surface area contributed by atoms with E-state index in [-0.39, 0.29) is 11.3 Å². The summed E-state index contributed by atoms with van der Waals surface area (Å²) in [5, 5.41) is 9.73. The van der Waals surface area contributed by atoms with Crippen LogP contribution < -0.4 is 0 Å². The average Bonchev–Trinajstić information content (AvgIpc) is 2.36. The van der Waals surface area contributed by atoms with E-state index in [1.165, 1.54) is 7.11 Å². The van der Waals surface area contributed by atoms with Gasteiger partial charge in [0.2, 0.25) is 0 Å². The smallest absolute Gasteiger partial charge is 0.341 e. The molecule has 1 N–H and O–H groups in total. The van der Waals surface area contributed by atoms with Gasteiger partial charge in [0, 0.05) is 6.54 Å². The van der Waals surface area contributed by atoms with Crippen LogP contribution in [0.3, 0.4) is 0 Å². The molecule has 0 heterocycles. The molecule has 0 amide bonds. The summed E-state index contributed by atoms with van der Waals surface area (Å²) in [5.74, 6) is -0.524. The molecule has 0 atom stereocenters. The van der Waals surface area contributed by atoms with Crippen molar-refractivity contribution in [1.29, 1.82) is 0 Å². The molecule has 1 aromatic carbocycles. The maximum absolute atomic E-state index is 11.5. The van der Waals surface area contributed by atoms with Crippen molar-refractivity contribution in [2.45, 2.75) is 20.3 Å². The van der Waals surface area contributed by atoms with Crippen molar-refractivity contribution in [3.63, 3.8) is 0 Å². The van der Waals surface area contributed by atoms with Gasteiger partial charge in [0.25, 0.3) is 0 Å². The lowest BCUT2D eigenvalue weighted by molar-refractivity contribution is 0.0597. The van der Waals surface area contributed by atoms with Gasteiger partial charge in [-0.3, -0.25) is 0 Å². The number of hydrogen-bond acceptors (Lipinski definition) is 4. The molecule has 0 aliphatic carbocycles. The van der Waals surface area contributed by atoms with Crippen LogP contribution in [0.2, 0.25) is 0 Å². The van der Waals surface area contributed by atoms with Gasteiger partial charge >= 0.3 is 5.97 Å². The molecule has 4 heteroatoms. The summed E-state index contributed by atoms with van der Waals surface area (Å²) in [5.41, 5.74) is 2.29. The molecule has 0 saturated carbocycles. The number of ether oxygens (including phenoxy) is 1. The minimum absolute atomic E-state index is 0.0213. The highest BCUT2D eigenvalue weighted by atomic mass is 16.5. The van der Waals surface area contributed by atoms with Gasteiger partial charge in [0.05, 0.1) is 7.11 Å². The van der Waals surface area contributed by atoms with Crippen LogP contribution in [-0.4, -0.2) is 43.2 Å². The molecule has 0 unspecified atom stereocenters. The molecule has 4 nitrogen and oxygen atoms in total. The lowest BCUT2D eigenvalue weighted by Crippen LogP contribution is -2.20. The number of likely N-dealkylation sites (N-methyl/N-ethyl adjacent to an activating group) is 1. The van der Waals surface area contributed by atoms with Gasteiger partial charge in [-0.05, 0) is 50.2 Å². The van der Waals surface area contributed by atoms with Crippen LogP contribution in [0.5, 0.6) is 5.75 Å². The lowest BCUT2D eigenvalue weighted by atomic mass is 10.0. The summed E-state index contributed by atoms with van der Waals surface area (Å²) in [6.45, 7) is 5.94. The normalized spacial score (nSPS) is 10.7. The summed E-state index contributed by atoms with van der Waals surface area (Å²) >= 11 is 0. The van der Waals surface area contributed by atoms with E-state index in [0.29, 0.717) is 0 Å². The van der Waals surface area contributed by atoms with E-state index in [0.717, 1.165) is 30.6 Å². The van der Waals surface area contributed by atoms with E-state index < -0.39 is 5.97 Å². The van der Waals surface area contributed by atoms with Gasteiger partial charge in [0.1, 0.15) is 11.3 Å². The second-order valence-electron chi connectivity index (χ2n) is 4.43. The highest BCUT2D eigenvalue weighted by Crippen LogP contribution is 2.23. The van der Waals surface area contributed by atoms with Crippen LogP contribution >= 0.6 is 0 Å². The Morgan fingerprint density at radius 3 is 2.67 bits per heavy atom. The Labute approximate surface area is 108 Å². The number of methoxy groups -OCH3 is 1. The third-order valence-corrected chi connectivity index (χ3v) is 3.16. The van der Waals surface area contributed by atoms with E-state index in [9.17, 15) is 9.90 Å². The van der Waals surface area contributed by atoms with E-state index in [4.69, 9.17) is 0 Å². The van der Waals surface area contributed by atoms with E-state index in [2.05, 4.69) is 23.6 Å². The first-order valence-electron chi connectivity index (χ1n) is 6.09. The molecule has 0 aliphatic rings. The van der Waals surface area contributed by atoms with Crippen LogP contribution in [0.15, 0.2) is 12.1 Å². The Morgan fingerprint density at radius 2 is 2.11 bits per heavy atom. The molecular formula is C14H21NO3. The number of rotatable bonds is 5. The van der Waals surface area contributed by atoms with Crippen LogP contribution in [0.25, 0.3) is 0 Å². The Bertz CT molecular complexity index is 429. The zero-order valence-electron chi connectivity index (χ0n) is 11.5. The number of esters is 1. The molecule has 0 aliphatic heterocycles. The number of carbonyl (C=O) groups is 1. The number of phenols is 1. The number of phenolic OH excluding ortho intramolecular Hbond substituents is 1. The predicted molar refractivity (Wildman–Crippen MR) is 71.1 cm³/mol. The average molecular weight is 251 g/mol.